The van der Waals surface area contributed by atoms with Crippen molar-refractivity contribution in [1.29, 1.82) is 0 Å². The van der Waals surface area contributed by atoms with Gasteiger partial charge in [0.25, 0.3) is 0 Å². The van der Waals surface area contributed by atoms with Gasteiger partial charge in [-0.25, -0.2) is 4.98 Å². The van der Waals surface area contributed by atoms with E-state index in [1.165, 1.54) is 11.1 Å². The molecule has 0 spiro atoms. The first-order valence-electron chi connectivity index (χ1n) is 10.9. The summed E-state index contributed by atoms with van der Waals surface area (Å²) in [7, 11) is 0. The van der Waals surface area contributed by atoms with Gasteiger partial charge in [-0.3, -0.25) is 4.79 Å². The van der Waals surface area contributed by atoms with Gasteiger partial charge in [0.15, 0.2) is 0 Å². The van der Waals surface area contributed by atoms with Crippen LogP contribution in [0.5, 0.6) is 0 Å². The lowest BCUT2D eigenvalue weighted by Crippen LogP contribution is -2.38. The van der Waals surface area contributed by atoms with E-state index in [1.54, 1.807) is 0 Å². The Balaban J connectivity index is 1.47. The van der Waals surface area contributed by atoms with Crippen molar-refractivity contribution >= 4 is 22.4 Å². The van der Waals surface area contributed by atoms with Gasteiger partial charge in [-0.2, -0.15) is 0 Å². The highest BCUT2D eigenvalue weighted by molar-refractivity contribution is 5.82. The lowest BCUT2D eigenvalue weighted by Gasteiger charge is -2.31. The van der Waals surface area contributed by atoms with E-state index in [-0.39, 0.29) is 11.5 Å². The number of piperidine rings is 1. The largest absolute Gasteiger partial charge is 0.393 e. The number of fused-ring (bicyclic) bond motifs is 2. The molecular formula is C24H28N4O2. The first-order valence-corrected chi connectivity index (χ1v) is 10.9. The topological polar surface area (TPSA) is 70.4 Å². The molecule has 0 saturated carbocycles. The van der Waals surface area contributed by atoms with Crippen molar-refractivity contribution in [3.63, 3.8) is 0 Å². The predicted molar refractivity (Wildman–Crippen MR) is 120 cm³/mol. The van der Waals surface area contributed by atoms with Crippen LogP contribution in [-0.2, 0) is 19.4 Å². The molecule has 6 heteroatoms. The van der Waals surface area contributed by atoms with E-state index in [4.69, 9.17) is 0 Å². The minimum Gasteiger partial charge on any atom is -0.393 e. The molecule has 0 bridgehead atoms. The Bertz CT molecular complexity index is 1110. The van der Waals surface area contributed by atoms with E-state index >= 15 is 0 Å². The Kier molecular flexibility index (Phi) is 4.95. The molecule has 30 heavy (non-hydrogen) atoms. The van der Waals surface area contributed by atoms with Gasteiger partial charge in [0, 0.05) is 31.9 Å². The Morgan fingerprint density at radius 1 is 1.17 bits per heavy atom. The van der Waals surface area contributed by atoms with Crippen LogP contribution in [0.25, 0.3) is 11.0 Å². The van der Waals surface area contributed by atoms with Gasteiger partial charge in [0.1, 0.15) is 11.3 Å². The van der Waals surface area contributed by atoms with Gasteiger partial charge in [-0.15, -0.1) is 0 Å². The minimum atomic E-state index is -0.261. The summed E-state index contributed by atoms with van der Waals surface area (Å²) < 4.78 is 2.05. The number of aliphatic hydroxyl groups is 1. The van der Waals surface area contributed by atoms with Crippen molar-refractivity contribution < 1.29 is 5.11 Å². The summed E-state index contributed by atoms with van der Waals surface area (Å²) in [6, 6.07) is 10.8. The number of pyridine rings is 2. The average molecular weight is 405 g/mol. The first kappa shape index (κ1) is 19.1. The smallest absolute Gasteiger partial charge is 0.214 e. The van der Waals surface area contributed by atoms with E-state index in [0.717, 1.165) is 30.7 Å². The molecule has 2 aromatic heterocycles. The molecule has 156 valence electrons. The number of hydrogen-bond acceptors (Lipinski definition) is 5. The third-order valence-corrected chi connectivity index (χ3v) is 6.46. The zero-order valence-corrected chi connectivity index (χ0v) is 17.3. The molecule has 5 rings (SSSR count). The minimum absolute atomic E-state index is 0.0250. The molecule has 3 aromatic rings. The molecule has 1 aromatic carbocycles. The third-order valence-electron chi connectivity index (χ3n) is 6.46. The van der Waals surface area contributed by atoms with E-state index in [2.05, 4.69) is 46.4 Å². The van der Waals surface area contributed by atoms with Crippen molar-refractivity contribution in [1.82, 2.24) is 9.55 Å². The van der Waals surface area contributed by atoms with E-state index in [0.29, 0.717) is 43.0 Å². The van der Waals surface area contributed by atoms with Gasteiger partial charge in [0.2, 0.25) is 5.43 Å². The second-order valence-corrected chi connectivity index (χ2v) is 8.46. The molecule has 6 nitrogen and oxygen atoms in total. The first-order chi connectivity index (χ1) is 14.6. The third kappa shape index (κ3) is 3.45. The summed E-state index contributed by atoms with van der Waals surface area (Å²) in [5.41, 5.74) is 5.15. The number of nitrogens with one attached hydrogen (secondary N) is 1. The van der Waals surface area contributed by atoms with Crippen LogP contribution < -0.4 is 15.6 Å². The van der Waals surface area contributed by atoms with Crippen LogP contribution in [0.4, 0.5) is 11.4 Å². The maximum Gasteiger partial charge on any atom is 0.214 e. The molecule has 0 radical (unpaired) electrons. The number of aryl methyl sites for hydroxylation is 1. The summed E-state index contributed by atoms with van der Waals surface area (Å²) >= 11 is 0. The molecule has 1 saturated heterocycles. The average Bonchev–Trinajstić information content (AvgIpc) is 3.17. The lowest BCUT2D eigenvalue weighted by molar-refractivity contribution is 0.145. The van der Waals surface area contributed by atoms with Gasteiger partial charge in [0.05, 0.1) is 23.4 Å². The van der Waals surface area contributed by atoms with Gasteiger partial charge >= 0.3 is 0 Å². The van der Waals surface area contributed by atoms with Crippen molar-refractivity contribution in [2.24, 2.45) is 0 Å². The standard InChI is InChI=1S/C24H28N4O2/c1-2-27-15-22(28-9-7-20(29)8-10-28)23(30)21-13-19(14-25-24(21)27)26-18-11-16-5-3-4-6-17(16)12-18/h3-6,13-15,18,20,26,29H,2,7-12H2,1H3. The van der Waals surface area contributed by atoms with Crippen molar-refractivity contribution in [3.8, 4) is 0 Å². The zero-order valence-electron chi connectivity index (χ0n) is 17.3. The Hall–Kier alpha value is -2.86. The monoisotopic (exact) mass is 404 g/mol. The van der Waals surface area contributed by atoms with Crippen LogP contribution in [0.15, 0.2) is 47.5 Å². The van der Waals surface area contributed by atoms with Crippen LogP contribution in [-0.4, -0.2) is 39.9 Å². The van der Waals surface area contributed by atoms with Crippen molar-refractivity contribution in [2.45, 2.75) is 51.3 Å². The molecular weight excluding hydrogens is 376 g/mol. The van der Waals surface area contributed by atoms with E-state index in [9.17, 15) is 9.90 Å². The highest BCUT2D eigenvalue weighted by atomic mass is 16.3. The Morgan fingerprint density at radius 2 is 1.87 bits per heavy atom. The van der Waals surface area contributed by atoms with Crippen LogP contribution in [0.2, 0.25) is 0 Å². The normalized spacial score (nSPS) is 17.5. The van der Waals surface area contributed by atoms with Crippen molar-refractivity contribution in [3.05, 3.63) is 64.1 Å². The highest BCUT2D eigenvalue weighted by Crippen LogP contribution is 2.26. The molecule has 0 atom stereocenters. The summed E-state index contributed by atoms with van der Waals surface area (Å²) in [6.07, 6.45) is 6.89. The van der Waals surface area contributed by atoms with Gasteiger partial charge < -0.3 is 19.9 Å². The quantitative estimate of drug-likeness (QED) is 0.700. The molecule has 1 fully saturated rings. The maximum absolute atomic E-state index is 13.4. The Labute approximate surface area is 176 Å². The predicted octanol–water partition coefficient (Wildman–Crippen LogP) is 2.96. The maximum atomic E-state index is 13.4. The van der Waals surface area contributed by atoms with Crippen LogP contribution in [0.3, 0.4) is 0 Å². The Morgan fingerprint density at radius 3 is 2.53 bits per heavy atom. The molecule has 0 unspecified atom stereocenters. The second kappa shape index (κ2) is 7.76. The van der Waals surface area contributed by atoms with Crippen LogP contribution in [0, 0.1) is 0 Å². The molecule has 2 aliphatic rings. The summed E-state index contributed by atoms with van der Waals surface area (Å²) in [5.74, 6) is 0. The fraction of sp³-hybridized carbons (Fsp3) is 0.417. The number of aromatic nitrogens is 2. The summed E-state index contributed by atoms with van der Waals surface area (Å²) in [6.45, 7) is 4.23. The number of benzene rings is 1. The highest BCUT2D eigenvalue weighted by Gasteiger charge is 2.23. The van der Waals surface area contributed by atoms with Gasteiger partial charge in [-0.05, 0) is 49.8 Å². The van der Waals surface area contributed by atoms with E-state index in [1.807, 2.05) is 23.0 Å². The second-order valence-electron chi connectivity index (χ2n) is 8.46. The number of aliphatic hydroxyl groups excluding tert-OH is 1. The fourth-order valence-electron chi connectivity index (χ4n) is 4.81. The number of anilines is 2. The number of hydrogen-bond donors (Lipinski definition) is 2. The van der Waals surface area contributed by atoms with Crippen molar-refractivity contribution in [2.75, 3.05) is 23.3 Å². The summed E-state index contributed by atoms with van der Waals surface area (Å²) in [5, 5.41) is 14.1. The van der Waals surface area contributed by atoms with Crippen LogP contribution in [0.1, 0.15) is 30.9 Å². The fourth-order valence-corrected chi connectivity index (χ4v) is 4.81. The SMILES string of the molecule is CCn1cc(N2CCC(O)CC2)c(=O)c2cc(NC3Cc4ccccc4C3)cnc21. The molecule has 0 amide bonds. The summed E-state index contributed by atoms with van der Waals surface area (Å²) in [4.78, 5) is 20.1. The molecule has 1 aliphatic heterocycles. The number of nitrogens with zero attached hydrogens (tertiary/aromatic N) is 3. The molecule has 3 heterocycles. The zero-order chi connectivity index (χ0) is 20.7. The van der Waals surface area contributed by atoms with Crippen LogP contribution >= 0.6 is 0 Å². The van der Waals surface area contributed by atoms with Gasteiger partial charge in [-0.1, -0.05) is 24.3 Å². The lowest BCUT2D eigenvalue weighted by atomic mass is 10.1. The van der Waals surface area contributed by atoms with E-state index < -0.39 is 0 Å². The number of rotatable bonds is 4. The molecule has 1 aliphatic carbocycles. The molecule has 2 N–H and O–H groups in total.